The van der Waals surface area contributed by atoms with Crippen LogP contribution in [-0.2, 0) is 16.0 Å². The van der Waals surface area contributed by atoms with Gasteiger partial charge in [0.25, 0.3) is 5.91 Å². The minimum atomic E-state index is -0.573. The van der Waals surface area contributed by atoms with Crippen LogP contribution in [0.15, 0.2) is 60.9 Å². The average molecular weight is 378 g/mol. The molecule has 0 saturated heterocycles. The predicted octanol–water partition coefficient (Wildman–Crippen LogP) is 3.04. The number of carbonyl (C=O) groups excluding carboxylic acids is 2. The Morgan fingerprint density at radius 3 is 2.46 bits per heavy atom. The first kappa shape index (κ1) is 19.3. The number of para-hydroxylation sites is 1. The third-order valence-electron chi connectivity index (χ3n) is 4.30. The van der Waals surface area contributed by atoms with Crippen LogP contribution < -0.4 is 4.90 Å². The van der Waals surface area contributed by atoms with Gasteiger partial charge in [0.1, 0.15) is 5.56 Å². The molecule has 0 aliphatic heterocycles. The molecule has 2 aromatic heterocycles. The van der Waals surface area contributed by atoms with Gasteiger partial charge in [-0.2, -0.15) is 5.10 Å². The Labute approximate surface area is 163 Å². The van der Waals surface area contributed by atoms with E-state index in [1.807, 2.05) is 62.4 Å². The molecule has 0 aliphatic rings. The topological polar surface area (TPSA) is 77.3 Å². The summed E-state index contributed by atoms with van der Waals surface area (Å²) in [5.74, 6) is -0.232. The fourth-order valence-corrected chi connectivity index (χ4v) is 2.95. The molecular weight excluding hydrogens is 356 g/mol. The smallest absolute Gasteiger partial charge is 0.342 e. The number of hydrogen-bond donors (Lipinski definition) is 0. The maximum absolute atomic E-state index is 12.6. The van der Waals surface area contributed by atoms with E-state index in [9.17, 15) is 9.59 Å². The predicted molar refractivity (Wildman–Crippen MR) is 105 cm³/mol. The van der Waals surface area contributed by atoms with E-state index in [4.69, 9.17) is 4.74 Å². The second-order valence-corrected chi connectivity index (χ2v) is 6.01. The van der Waals surface area contributed by atoms with E-state index in [2.05, 4.69) is 10.1 Å². The number of pyridine rings is 1. The summed E-state index contributed by atoms with van der Waals surface area (Å²) in [6.07, 6.45) is 3.69. The molecule has 3 rings (SSSR count). The molecular formula is C21H22N4O3. The highest BCUT2D eigenvalue weighted by Crippen LogP contribution is 2.16. The summed E-state index contributed by atoms with van der Waals surface area (Å²) in [6.45, 7) is 3.95. The molecule has 0 aliphatic carbocycles. The van der Waals surface area contributed by atoms with Crippen LogP contribution in [0.1, 0.15) is 29.9 Å². The van der Waals surface area contributed by atoms with Crippen LogP contribution >= 0.6 is 0 Å². The number of esters is 1. The molecule has 1 aromatic carbocycles. The van der Waals surface area contributed by atoms with Gasteiger partial charge in [0.2, 0.25) is 0 Å². The first-order chi connectivity index (χ1) is 13.7. The van der Waals surface area contributed by atoms with Crippen molar-refractivity contribution in [2.24, 2.45) is 0 Å². The lowest BCUT2D eigenvalue weighted by atomic mass is 10.2. The number of anilines is 1. The van der Waals surface area contributed by atoms with Crippen LogP contribution in [0, 0.1) is 0 Å². The molecule has 3 aromatic rings. The zero-order valence-electron chi connectivity index (χ0n) is 15.9. The second kappa shape index (κ2) is 8.94. The van der Waals surface area contributed by atoms with E-state index in [0.29, 0.717) is 30.0 Å². The van der Waals surface area contributed by atoms with Gasteiger partial charge >= 0.3 is 5.97 Å². The van der Waals surface area contributed by atoms with Crippen LogP contribution in [0.4, 0.5) is 5.69 Å². The van der Waals surface area contributed by atoms with E-state index in [0.717, 1.165) is 5.69 Å². The lowest BCUT2D eigenvalue weighted by Gasteiger charge is -2.20. The van der Waals surface area contributed by atoms with Gasteiger partial charge in [0, 0.05) is 18.4 Å². The molecule has 0 fully saturated rings. The van der Waals surface area contributed by atoms with Gasteiger partial charge in [-0.15, -0.1) is 0 Å². The molecule has 0 N–H and O–H groups in total. The molecule has 7 nitrogen and oxygen atoms in total. The summed E-state index contributed by atoms with van der Waals surface area (Å²) >= 11 is 0. The molecule has 144 valence electrons. The second-order valence-electron chi connectivity index (χ2n) is 6.01. The lowest BCUT2D eigenvalue weighted by Crippen LogP contribution is -2.34. The SMILES string of the molecule is CCc1c(C(=O)OCC(=O)N(CC)c2ccccc2)cnn1-c1ccccn1. The highest BCUT2D eigenvalue weighted by atomic mass is 16.5. The molecule has 0 radical (unpaired) electrons. The number of likely N-dealkylation sites (N-methyl/N-ethyl adjacent to an activating group) is 1. The summed E-state index contributed by atoms with van der Waals surface area (Å²) in [5.41, 5.74) is 1.79. The van der Waals surface area contributed by atoms with Gasteiger partial charge in [-0.25, -0.2) is 14.5 Å². The minimum Gasteiger partial charge on any atom is -0.452 e. The zero-order valence-corrected chi connectivity index (χ0v) is 15.9. The zero-order chi connectivity index (χ0) is 19.9. The van der Waals surface area contributed by atoms with Gasteiger partial charge in [-0.3, -0.25) is 4.79 Å². The number of hydrogen-bond acceptors (Lipinski definition) is 5. The van der Waals surface area contributed by atoms with Crippen molar-refractivity contribution in [2.75, 3.05) is 18.1 Å². The Morgan fingerprint density at radius 2 is 1.82 bits per heavy atom. The summed E-state index contributed by atoms with van der Waals surface area (Å²) in [7, 11) is 0. The first-order valence-corrected chi connectivity index (χ1v) is 9.16. The van der Waals surface area contributed by atoms with E-state index >= 15 is 0 Å². The van der Waals surface area contributed by atoms with Crippen molar-refractivity contribution in [1.82, 2.24) is 14.8 Å². The summed E-state index contributed by atoms with van der Waals surface area (Å²) < 4.78 is 6.89. The maximum atomic E-state index is 12.6. The summed E-state index contributed by atoms with van der Waals surface area (Å²) in [6, 6.07) is 14.8. The van der Waals surface area contributed by atoms with Crippen molar-refractivity contribution >= 4 is 17.6 Å². The van der Waals surface area contributed by atoms with Crippen LogP contribution in [0.2, 0.25) is 0 Å². The number of amides is 1. The van der Waals surface area contributed by atoms with Crippen molar-refractivity contribution in [3.8, 4) is 5.82 Å². The van der Waals surface area contributed by atoms with Gasteiger partial charge in [0.05, 0.1) is 11.9 Å². The Morgan fingerprint density at radius 1 is 1.07 bits per heavy atom. The van der Waals surface area contributed by atoms with Crippen molar-refractivity contribution < 1.29 is 14.3 Å². The van der Waals surface area contributed by atoms with Crippen LogP contribution in [0.5, 0.6) is 0 Å². The fraction of sp³-hybridized carbons (Fsp3) is 0.238. The van der Waals surface area contributed by atoms with Crippen molar-refractivity contribution in [2.45, 2.75) is 20.3 Å². The van der Waals surface area contributed by atoms with Gasteiger partial charge in [-0.1, -0.05) is 31.2 Å². The first-order valence-electron chi connectivity index (χ1n) is 9.16. The summed E-state index contributed by atoms with van der Waals surface area (Å²) in [5, 5.41) is 4.26. The lowest BCUT2D eigenvalue weighted by molar-refractivity contribution is -0.121. The molecule has 2 heterocycles. The highest BCUT2D eigenvalue weighted by Gasteiger charge is 2.21. The average Bonchev–Trinajstić information content (AvgIpc) is 3.18. The van der Waals surface area contributed by atoms with Gasteiger partial charge in [0.15, 0.2) is 12.4 Å². The minimum absolute atomic E-state index is 0.280. The van der Waals surface area contributed by atoms with Crippen molar-refractivity contribution in [3.63, 3.8) is 0 Å². The molecule has 28 heavy (non-hydrogen) atoms. The molecule has 1 amide bonds. The molecule has 0 saturated carbocycles. The van der Waals surface area contributed by atoms with Gasteiger partial charge in [-0.05, 0) is 37.6 Å². The monoisotopic (exact) mass is 378 g/mol. The standard InChI is InChI=1S/C21H22N4O3/c1-3-18-17(14-23-25(18)19-12-8-9-13-22-19)21(27)28-15-20(26)24(4-2)16-10-6-5-7-11-16/h5-14H,3-4,15H2,1-2H3. The van der Waals surface area contributed by atoms with Gasteiger partial charge < -0.3 is 9.64 Å². The quantitative estimate of drug-likeness (QED) is 0.591. The number of aromatic nitrogens is 3. The number of rotatable bonds is 7. The Hall–Kier alpha value is -3.48. The summed E-state index contributed by atoms with van der Waals surface area (Å²) in [4.78, 5) is 30.9. The number of benzene rings is 1. The molecule has 0 spiro atoms. The fourth-order valence-electron chi connectivity index (χ4n) is 2.95. The van der Waals surface area contributed by atoms with Crippen LogP contribution in [0.3, 0.4) is 0 Å². The maximum Gasteiger partial charge on any atom is 0.342 e. The van der Waals surface area contributed by atoms with E-state index in [1.54, 1.807) is 15.8 Å². The van der Waals surface area contributed by atoms with Crippen LogP contribution in [-0.4, -0.2) is 39.8 Å². The van der Waals surface area contributed by atoms with Crippen LogP contribution in [0.25, 0.3) is 5.82 Å². The molecule has 7 heteroatoms. The van der Waals surface area contributed by atoms with Crippen molar-refractivity contribution in [3.05, 3.63) is 72.2 Å². The highest BCUT2D eigenvalue weighted by molar-refractivity contribution is 5.97. The van der Waals surface area contributed by atoms with E-state index in [-0.39, 0.29) is 12.5 Å². The Kier molecular flexibility index (Phi) is 6.16. The number of ether oxygens (including phenoxy) is 1. The molecule has 0 bridgehead atoms. The third-order valence-corrected chi connectivity index (χ3v) is 4.30. The molecule has 0 atom stereocenters. The third kappa shape index (κ3) is 4.09. The Bertz CT molecular complexity index is 939. The van der Waals surface area contributed by atoms with E-state index < -0.39 is 5.97 Å². The van der Waals surface area contributed by atoms with E-state index in [1.165, 1.54) is 6.20 Å². The number of carbonyl (C=O) groups is 2. The normalized spacial score (nSPS) is 10.5. The largest absolute Gasteiger partial charge is 0.452 e. The molecule has 0 unspecified atom stereocenters. The Balaban J connectivity index is 1.71. The number of nitrogens with zero attached hydrogens (tertiary/aromatic N) is 4. The van der Waals surface area contributed by atoms with Crippen molar-refractivity contribution in [1.29, 1.82) is 0 Å².